The fourth-order valence-electron chi connectivity index (χ4n) is 2.82. The van der Waals surface area contributed by atoms with Crippen LogP contribution in [0.1, 0.15) is 25.0 Å². The van der Waals surface area contributed by atoms with E-state index in [1.807, 2.05) is 24.3 Å². The van der Waals surface area contributed by atoms with Crippen LogP contribution in [0.3, 0.4) is 0 Å². The van der Waals surface area contributed by atoms with Gasteiger partial charge in [-0.15, -0.1) is 0 Å². The zero-order valence-corrected chi connectivity index (χ0v) is 11.7. The number of methoxy groups -OCH3 is 1. The largest absolute Gasteiger partial charge is 0.497 e. The molecule has 1 aliphatic heterocycles. The standard InChI is InChI=1S/C15H24N2O2/c1-11-6-12(8-16)9-17(11)10-15(18)13-4-3-5-14(7-13)19-2/h3-5,7,11-12,15,18H,6,8-10,16H2,1-2H3. The number of ether oxygens (including phenoxy) is 1. The zero-order chi connectivity index (χ0) is 13.8. The first-order valence-corrected chi connectivity index (χ1v) is 6.90. The van der Waals surface area contributed by atoms with Crippen molar-refractivity contribution in [2.45, 2.75) is 25.5 Å². The Hall–Kier alpha value is -1.10. The van der Waals surface area contributed by atoms with E-state index in [0.717, 1.165) is 30.8 Å². The monoisotopic (exact) mass is 264 g/mol. The van der Waals surface area contributed by atoms with Crippen molar-refractivity contribution in [1.82, 2.24) is 4.90 Å². The molecule has 19 heavy (non-hydrogen) atoms. The van der Waals surface area contributed by atoms with Crippen molar-refractivity contribution in [3.8, 4) is 5.75 Å². The molecule has 0 bridgehead atoms. The lowest BCUT2D eigenvalue weighted by Crippen LogP contribution is -2.32. The molecule has 0 spiro atoms. The average Bonchev–Trinajstić information content (AvgIpc) is 2.79. The van der Waals surface area contributed by atoms with E-state index in [2.05, 4.69) is 11.8 Å². The molecule has 3 atom stereocenters. The number of aliphatic hydroxyl groups excluding tert-OH is 1. The van der Waals surface area contributed by atoms with Gasteiger partial charge < -0.3 is 15.6 Å². The summed E-state index contributed by atoms with van der Waals surface area (Å²) in [5.41, 5.74) is 6.64. The smallest absolute Gasteiger partial charge is 0.119 e. The van der Waals surface area contributed by atoms with Gasteiger partial charge in [0.05, 0.1) is 13.2 Å². The minimum atomic E-state index is -0.478. The molecule has 1 fully saturated rings. The van der Waals surface area contributed by atoms with Crippen LogP contribution in [0.25, 0.3) is 0 Å². The normalized spacial score (nSPS) is 25.5. The number of likely N-dealkylation sites (tertiary alicyclic amines) is 1. The third-order valence-corrected chi connectivity index (χ3v) is 4.01. The Labute approximate surface area is 115 Å². The van der Waals surface area contributed by atoms with E-state index >= 15 is 0 Å². The Balaban J connectivity index is 1.98. The second kappa shape index (κ2) is 6.37. The van der Waals surface area contributed by atoms with E-state index in [1.165, 1.54) is 0 Å². The lowest BCUT2D eigenvalue weighted by molar-refractivity contribution is 0.108. The van der Waals surface area contributed by atoms with Gasteiger partial charge in [-0.3, -0.25) is 4.90 Å². The first kappa shape index (κ1) is 14.3. The Morgan fingerprint density at radius 1 is 1.53 bits per heavy atom. The summed E-state index contributed by atoms with van der Waals surface area (Å²) in [6.45, 7) is 4.58. The molecule has 0 aliphatic carbocycles. The number of nitrogens with zero attached hydrogens (tertiary/aromatic N) is 1. The van der Waals surface area contributed by atoms with E-state index in [-0.39, 0.29) is 0 Å². The van der Waals surface area contributed by atoms with Gasteiger partial charge in [-0.1, -0.05) is 12.1 Å². The lowest BCUT2D eigenvalue weighted by atomic mass is 10.1. The minimum Gasteiger partial charge on any atom is -0.497 e. The van der Waals surface area contributed by atoms with Gasteiger partial charge in [0, 0.05) is 19.1 Å². The number of benzene rings is 1. The van der Waals surface area contributed by atoms with Crippen LogP contribution in [0, 0.1) is 5.92 Å². The first-order chi connectivity index (χ1) is 9.13. The van der Waals surface area contributed by atoms with Gasteiger partial charge in [0.15, 0.2) is 0 Å². The lowest BCUT2D eigenvalue weighted by Gasteiger charge is -2.24. The molecule has 106 valence electrons. The molecule has 4 heteroatoms. The van der Waals surface area contributed by atoms with Crippen molar-refractivity contribution in [2.75, 3.05) is 26.7 Å². The van der Waals surface area contributed by atoms with Crippen LogP contribution in [0.4, 0.5) is 0 Å². The predicted molar refractivity (Wildman–Crippen MR) is 76.2 cm³/mol. The van der Waals surface area contributed by atoms with Crippen LogP contribution in [-0.4, -0.2) is 42.8 Å². The molecule has 0 saturated carbocycles. The van der Waals surface area contributed by atoms with E-state index < -0.39 is 6.10 Å². The van der Waals surface area contributed by atoms with Crippen molar-refractivity contribution >= 4 is 0 Å². The fourth-order valence-corrected chi connectivity index (χ4v) is 2.82. The number of rotatable bonds is 5. The zero-order valence-electron chi connectivity index (χ0n) is 11.7. The number of aliphatic hydroxyl groups is 1. The molecule has 0 radical (unpaired) electrons. The van der Waals surface area contributed by atoms with Crippen LogP contribution in [0.2, 0.25) is 0 Å². The van der Waals surface area contributed by atoms with E-state index in [1.54, 1.807) is 7.11 Å². The highest BCUT2D eigenvalue weighted by Crippen LogP contribution is 2.26. The molecule has 0 aromatic heterocycles. The van der Waals surface area contributed by atoms with E-state index in [9.17, 15) is 5.11 Å². The highest BCUT2D eigenvalue weighted by Gasteiger charge is 2.29. The molecular weight excluding hydrogens is 240 g/mol. The van der Waals surface area contributed by atoms with Crippen molar-refractivity contribution in [3.63, 3.8) is 0 Å². The van der Waals surface area contributed by atoms with Crippen molar-refractivity contribution in [3.05, 3.63) is 29.8 Å². The molecule has 0 amide bonds. The molecule has 2 rings (SSSR count). The molecule has 1 aromatic rings. The molecule has 1 heterocycles. The predicted octanol–water partition coefficient (Wildman–Crippen LogP) is 1.40. The number of nitrogens with two attached hydrogens (primary N) is 1. The summed E-state index contributed by atoms with van der Waals surface area (Å²) in [7, 11) is 1.64. The van der Waals surface area contributed by atoms with Crippen molar-refractivity contribution in [1.29, 1.82) is 0 Å². The third kappa shape index (κ3) is 3.47. The van der Waals surface area contributed by atoms with Gasteiger partial charge in [-0.2, -0.15) is 0 Å². The summed E-state index contributed by atoms with van der Waals surface area (Å²) in [6.07, 6.45) is 0.649. The van der Waals surface area contributed by atoms with Gasteiger partial charge >= 0.3 is 0 Å². The number of β-amino-alcohol motifs (C(OH)–C–C–N with tert-alkyl or cyclic N) is 1. The maximum Gasteiger partial charge on any atom is 0.119 e. The molecule has 1 aliphatic rings. The van der Waals surface area contributed by atoms with Gasteiger partial charge in [0.2, 0.25) is 0 Å². The molecule has 1 saturated heterocycles. The summed E-state index contributed by atoms with van der Waals surface area (Å²) in [5.74, 6) is 1.35. The topological polar surface area (TPSA) is 58.7 Å². The second-order valence-corrected chi connectivity index (χ2v) is 5.43. The summed E-state index contributed by atoms with van der Waals surface area (Å²) in [5, 5.41) is 10.3. The van der Waals surface area contributed by atoms with Crippen LogP contribution in [-0.2, 0) is 0 Å². The van der Waals surface area contributed by atoms with Crippen LogP contribution in [0.5, 0.6) is 5.75 Å². The average molecular weight is 264 g/mol. The van der Waals surface area contributed by atoms with Gasteiger partial charge in [-0.05, 0) is 43.5 Å². The van der Waals surface area contributed by atoms with Crippen LogP contribution < -0.4 is 10.5 Å². The van der Waals surface area contributed by atoms with E-state index in [4.69, 9.17) is 10.5 Å². The highest BCUT2D eigenvalue weighted by molar-refractivity contribution is 5.29. The summed E-state index contributed by atoms with van der Waals surface area (Å²) < 4.78 is 5.19. The molecule has 4 nitrogen and oxygen atoms in total. The Kier molecular flexibility index (Phi) is 4.80. The first-order valence-electron chi connectivity index (χ1n) is 6.90. The van der Waals surface area contributed by atoms with Crippen molar-refractivity contribution in [2.24, 2.45) is 11.7 Å². The molecular formula is C15H24N2O2. The Morgan fingerprint density at radius 2 is 2.32 bits per heavy atom. The Bertz CT molecular complexity index is 411. The maximum atomic E-state index is 10.3. The van der Waals surface area contributed by atoms with E-state index in [0.29, 0.717) is 18.5 Å². The van der Waals surface area contributed by atoms with Crippen LogP contribution in [0.15, 0.2) is 24.3 Å². The molecule has 1 aromatic carbocycles. The molecule has 3 N–H and O–H groups in total. The second-order valence-electron chi connectivity index (χ2n) is 5.43. The SMILES string of the molecule is COc1cccc(C(O)CN2CC(CN)CC2C)c1. The number of hydrogen-bond acceptors (Lipinski definition) is 4. The summed E-state index contributed by atoms with van der Waals surface area (Å²) >= 11 is 0. The summed E-state index contributed by atoms with van der Waals surface area (Å²) in [4.78, 5) is 2.32. The third-order valence-electron chi connectivity index (χ3n) is 4.01. The van der Waals surface area contributed by atoms with Crippen molar-refractivity contribution < 1.29 is 9.84 Å². The Morgan fingerprint density at radius 3 is 2.95 bits per heavy atom. The van der Waals surface area contributed by atoms with Crippen LogP contribution >= 0.6 is 0 Å². The summed E-state index contributed by atoms with van der Waals surface area (Å²) in [6, 6.07) is 8.13. The highest BCUT2D eigenvalue weighted by atomic mass is 16.5. The quantitative estimate of drug-likeness (QED) is 0.844. The minimum absolute atomic E-state index is 0.478. The number of hydrogen-bond donors (Lipinski definition) is 2. The maximum absolute atomic E-state index is 10.3. The fraction of sp³-hybridized carbons (Fsp3) is 0.600. The van der Waals surface area contributed by atoms with Gasteiger partial charge in [-0.25, -0.2) is 0 Å². The molecule has 3 unspecified atom stereocenters. The van der Waals surface area contributed by atoms with Gasteiger partial charge in [0.25, 0.3) is 0 Å². The van der Waals surface area contributed by atoms with Gasteiger partial charge in [0.1, 0.15) is 5.75 Å².